The standard InChI is InChI=1S/C17H36O2/c1-6-7-8-9-10-11-12-13-17(4,5)19-15-14-16(2,3)18/h18H,6-15H2,1-5H3. The maximum Gasteiger partial charge on any atom is 0.0626 e. The van der Waals surface area contributed by atoms with E-state index in [1.165, 1.54) is 44.9 Å². The normalized spacial score (nSPS) is 12.9. The fourth-order valence-electron chi connectivity index (χ4n) is 2.16. The number of hydrogen-bond donors (Lipinski definition) is 1. The van der Waals surface area contributed by atoms with Gasteiger partial charge in [0.2, 0.25) is 0 Å². The molecule has 0 fully saturated rings. The van der Waals surface area contributed by atoms with E-state index in [-0.39, 0.29) is 5.60 Å². The zero-order valence-corrected chi connectivity index (χ0v) is 13.9. The van der Waals surface area contributed by atoms with Crippen molar-refractivity contribution in [1.82, 2.24) is 0 Å². The van der Waals surface area contributed by atoms with E-state index in [0.29, 0.717) is 13.0 Å². The van der Waals surface area contributed by atoms with Crippen molar-refractivity contribution in [2.45, 2.75) is 104 Å². The van der Waals surface area contributed by atoms with Gasteiger partial charge in [-0.1, -0.05) is 51.9 Å². The summed E-state index contributed by atoms with van der Waals surface area (Å²) in [5, 5.41) is 9.65. The average molecular weight is 272 g/mol. The number of hydrogen-bond acceptors (Lipinski definition) is 2. The van der Waals surface area contributed by atoms with E-state index in [1.807, 2.05) is 13.8 Å². The highest BCUT2D eigenvalue weighted by Crippen LogP contribution is 2.21. The largest absolute Gasteiger partial charge is 0.390 e. The van der Waals surface area contributed by atoms with Crippen molar-refractivity contribution < 1.29 is 9.84 Å². The highest BCUT2D eigenvalue weighted by molar-refractivity contribution is 4.71. The lowest BCUT2D eigenvalue weighted by Crippen LogP contribution is -2.28. The topological polar surface area (TPSA) is 29.5 Å². The number of unbranched alkanes of at least 4 members (excludes halogenated alkanes) is 6. The van der Waals surface area contributed by atoms with Crippen LogP contribution < -0.4 is 0 Å². The minimum absolute atomic E-state index is 0.0470. The molecule has 0 unspecified atom stereocenters. The van der Waals surface area contributed by atoms with E-state index in [1.54, 1.807) is 0 Å². The Morgan fingerprint density at radius 3 is 1.84 bits per heavy atom. The summed E-state index contributed by atoms with van der Waals surface area (Å²) in [5.74, 6) is 0. The molecule has 0 atom stereocenters. The van der Waals surface area contributed by atoms with Gasteiger partial charge in [-0.05, 0) is 40.5 Å². The molecule has 116 valence electrons. The van der Waals surface area contributed by atoms with E-state index in [9.17, 15) is 5.11 Å². The molecule has 0 amide bonds. The Labute approximate surface area is 120 Å². The van der Waals surface area contributed by atoms with Crippen LogP contribution >= 0.6 is 0 Å². The predicted molar refractivity (Wildman–Crippen MR) is 83.6 cm³/mol. The first kappa shape index (κ1) is 18.9. The van der Waals surface area contributed by atoms with E-state index in [4.69, 9.17) is 4.74 Å². The second-order valence-corrected chi connectivity index (χ2v) is 7.04. The molecule has 0 aliphatic rings. The van der Waals surface area contributed by atoms with Crippen molar-refractivity contribution in [3.8, 4) is 0 Å². The molecule has 2 heteroatoms. The maximum atomic E-state index is 9.65. The lowest BCUT2D eigenvalue weighted by molar-refractivity contribution is -0.0509. The molecule has 0 aromatic rings. The summed E-state index contributed by atoms with van der Waals surface area (Å²) in [6.07, 6.45) is 11.2. The van der Waals surface area contributed by atoms with Crippen molar-refractivity contribution in [2.75, 3.05) is 6.61 Å². The Morgan fingerprint density at radius 2 is 1.32 bits per heavy atom. The summed E-state index contributed by atoms with van der Waals surface area (Å²) >= 11 is 0. The van der Waals surface area contributed by atoms with Gasteiger partial charge in [-0.3, -0.25) is 0 Å². The van der Waals surface area contributed by atoms with Crippen LogP contribution in [0.25, 0.3) is 0 Å². The van der Waals surface area contributed by atoms with Crippen LogP contribution in [-0.4, -0.2) is 22.9 Å². The molecular formula is C17H36O2. The van der Waals surface area contributed by atoms with Crippen LogP contribution in [0.2, 0.25) is 0 Å². The van der Waals surface area contributed by atoms with Gasteiger partial charge in [0.15, 0.2) is 0 Å². The Balaban J connectivity index is 3.51. The first-order chi connectivity index (χ1) is 8.77. The number of rotatable bonds is 12. The third kappa shape index (κ3) is 14.1. The molecule has 0 rings (SSSR count). The Kier molecular flexibility index (Phi) is 9.72. The van der Waals surface area contributed by atoms with E-state index in [0.717, 1.165) is 6.42 Å². The molecule has 0 aliphatic heterocycles. The van der Waals surface area contributed by atoms with Crippen LogP contribution in [0.5, 0.6) is 0 Å². The van der Waals surface area contributed by atoms with Crippen molar-refractivity contribution in [3.63, 3.8) is 0 Å². The molecule has 0 radical (unpaired) electrons. The van der Waals surface area contributed by atoms with E-state index >= 15 is 0 Å². The third-order valence-electron chi connectivity index (χ3n) is 3.59. The molecule has 0 aliphatic carbocycles. The average Bonchev–Trinajstić information content (AvgIpc) is 2.25. The Morgan fingerprint density at radius 1 is 0.789 bits per heavy atom. The molecule has 2 nitrogen and oxygen atoms in total. The fraction of sp³-hybridized carbons (Fsp3) is 1.00. The van der Waals surface area contributed by atoms with Crippen LogP contribution in [0, 0.1) is 0 Å². The van der Waals surface area contributed by atoms with Gasteiger partial charge in [0.25, 0.3) is 0 Å². The van der Waals surface area contributed by atoms with Gasteiger partial charge in [-0.15, -0.1) is 0 Å². The van der Waals surface area contributed by atoms with E-state index < -0.39 is 5.60 Å². The summed E-state index contributed by atoms with van der Waals surface area (Å²) in [7, 11) is 0. The van der Waals surface area contributed by atoms with Crippen molar-refractivity contribution in [3.05, 3.63) is 0 Å². The van der Waals surface area contributed by atoms with Crippen LogP contribution in [0.15, 0.2) is 0 Å². The van der Waals surface area contributed by atoms with E-state index in [2.05, 4.69) is 20.8 Å². The Bertz CT molecular complexity index is 204. The zero-order chi connectivity index (χ0) is 14.8. The van der Waals surface area contributed by atoms with Gasteiger partial charge >= 0.3 is 0 Å². The zero-order valence-electron chi connectivity index (χ0n) is 13.9. The second-order valence-electron chi connectivity index (χ2n) is 7.04. The highest BCUT2D eigenvalue weighted by atomic mass is 16.5. The molecule has 0 aromatic heterocycles. The van der Waals surface area contributed by atoms with Crippen LogP contribution in [-0.2, 0) is 4.74 Å². The summed E-state index contributed by atoms with van der Waals surface area (Å²) in [4.78, 5) is 0. The highest BCUT2D eigenvalue weighted by Gasteiger charge is 2.20. The SMILES string of the molecule is CCCCCCCCCC(C)(C)OCCC(C)(C)O. The molecule has 0 aromatic carbocycles. The van der Waals surface area contributed by atoms with Crippen LogP contribution in [0.3, 0.4) is 0 Å². The van der Waals surface area contributed by atoms with Gasteiger partial charge < -0.3 is 9.84 Å². The van der Waals surface area contributed by atoms with Gasteiger partial charge in [0, 0.05) is 0 Å². The smallest absolute Gasteiger partial charge is 0.0626 e. The van der Waals surface area contributed by atoms with Gasteiger partial charge in [-0.2, -0.15) is 0 Å². The summed E-state index contributed by atoms with van der Waals surface area (Å²) in [5.41, 5.74) is -0.663. The van der Waals surface area contributed by atoms with Crippen LogP contribution in [0.4, 0.5) is 0 Å². The first-order valence-electron chi connectivity index (χ1n) is 8.13. The summed E-state index contributed by atoms with van der Waals surface area (Å²) in [6.45, 7) is 10.9. The van der Waals surface area contributed by atoms with Gasteiger partial charge in [-0.25, -0.2) is 0 Å². The quantitative estimate of drug-likeness (QED) is 0.502. The fourth-order valence-corrected chi connectivity index (χ4v) is 2.16. The number of ether oxygens (including phenoxy) is 1. The van der Waals surface area contributed by atoms with Crippen molar-refractivity contribution in [1.29, 1.82) is 0 Å². The summed E-state index contributed by atoms with van der Waals surface area (Å²) in [6, 6.07) is 0. The minimum Gasteiger partial charge on any atom is -0.390 e. The lowest BCUT2D eigenvalue weighted by Gasteiger charge is -2.27. The molecule has 19 heavy (non-hydrogen) atoms. The van der Waals surface area contributed by atoms with Gasteiger partial charge in [0.05, 0.1) is 17.8 Å². The monoisotopic (exact) mass is 272 g/mol. The molecule has 0 bridgehead atoms. The minimum atomic E-state index is -0.616. The molecule has 0 saturated carbocycles. The number of aliphatic hydroxyl groups is 1. The third-order valence-corrected chi connectivity index (χ3v) is 3.59. The first-order valence-corrected chi connectivity index (χ1v) is 8.13. The lowest BCUT2D eigenvalue weighted by atomic mass is 9.99. The van der Waals surface area contributed by atoms with Crippen molar-refractivity contribution >= 4 is 0 Å². The van der Waals surface area contributed by atoms with Gasteiger partial charge in [0.1, 0.15) is 0 Å². The molecule has 0 saturated heterocycles. The summed E-state index contributed by atoms with van der Waals surface area (Å²) < 4.78 is 5.89. The van der Waals surface area contributed by atoms with Crippen LogP contribution in [0.1, 0.15) is 92.4 Å². The maximum absolute atomic E-state index is 9.65. The molecule has 1 N–H and O–H groups in total. The molecule has 0 spiro atoms. The van der Waals surface area contributed by atoms with Crippen molar-refractivity contribution in [2.24, 2.45) is 0 Å². The predicted octanol–water partition coefficient (Wildman–Crippen LogP) is 5.08. The second kappa shape index (κ2) is 9.77. The Hall–Kier alpha value is -0.0800. The molecule has 0 heterocycles. The molecular weight excluding hydrogens is 236 g/mol.